The van der Waals surface area contributed by atoms with Crippen LogP contribution in [0.3, 0.4) is 0 Å². The van der Waals surface area contributed by atoms with Gasteiger partial charge in [0.25, 0.3) is 0 Å². The van der Waals surface area contributed by atoms with Gasteiger partial charge in [-0.25, -0.2) is 13.2 Å². The number of Topliss-reactive ketones (excluding diaryl/α,β-unsaturated/α-hetero) is 3. The van der Waals surface area contributed by atoms with Crippen molar-refractivity contribution in [2.24, 2.45) is 35.0 Å². The van der Waals surface area contributed by atoms with Crippen LogP contribution in [0, 0.1) is 17.8 Å². The van der Waals surface area contributed by atoms with Gasteiger partial charge in [0, 0.05) is 66.8 Å². The van der Waals surface area contributed by atoms with E-state index in [0.717, 1.165) is 19.3 Å². The number of esters is 3. The van der Waals surface area contributed by atoms with E-state index >= 15 is 0 Å². The van der Waals surface area contributed by atoms with Gasteiger partial charge in [-0.05, 0) is 47.3 Å². The van der Waals surface area contributed by atoms with Crippen molar-refractivity contribution in [1.82, 2.24) is 16.0 Å². The highest BCUT2D eigenvalue weighted by atomic mass is 19.1. The number of alkyl halides is 3. The first-order valence-electron chi connectivity index (χ1n) is 18.4. The van der Waals surface area contributed by atoms with Crippen molar-refractivity contribution < 1.29 is 75.5 Å². The number of rotatable bonds is 23. The van der Waals surface area contributed by atoms with Gasteiger partial charge in [0.05, 0.1) is 39.3 Å². The fourth-order valence-electron chi connectivity index (χ4n) is 6.17. The second-order valence-electron chi connectivity index (χ2n) is 13.2. The summed E-state index contributed by atoms with van der Waals surface area (Å²) in [6, 6.07) is 0.570. The van der Waals surface area contributed by atoms with Crippen molar-refractivity contribution in [2.45, 2.75) is 117 Å². The molecule has 0 spiro atoms. The fourth-order valence-corrected chi connectivity index (χ4v) is 6.17. The average molecular weight is 879 g/mol. The number of carboxylic acids is 1. The Balaban J connectivity index is -0.000000359. The number of hydrogen-bond acceptors (Lipinski definition) is 18. The second kappa shape index (κ2) is 36.1. The number of nitrogens with one attached hydrogen (secondary N) is 3. The monoisotopic (exact) mass is 879 g/mol. The van der Waals surface area contributed by atoms with Crippen molar-refractivity contribution in [3.05, 3.63) is 0 Å². The molecule has 10 N–H and O–H groups in total. The second-order valence-corrected chi connectivity index (χ2v) is 13.2. The number of aliphatic carboxylic acids is 1. The Hall–Kier alpha value is -3.64. The van der Waals surface area contributed by atoms with Crippen LogP contribution in [0.4, 0.5) is 13.2 Å². The van der Waals surface area contributed by atoms with Crippen molar-refractivity contribution in [3.8, 4) is 0 Å². The van der Waals surface area contributed by atoms with Gasteiger partial charge in [0.2, 0.25) is 20.6 Å². The molecule has 3 rings (SSSR count). The lowest BCUT2D eigenvalue weighted by molar-refractivity contribution is -0.154. The minimum Gasteiger partial charge on any atom is -0.481 e. The maximum absolute atomic E-state index is 11.9. The smallest absolute Gasteiger partial charge is 0.319 e. The Kier molecular flexibility index (Phi) is 37.9. The molecule has 9 unspecified atom stereocenters. The van der Waals surface area contributed by atoms with Crippen LogP contribution in [0.1, 0.15) is 80.6 Å². The van der Waals surface area contributed by atoms with Gasteiger partial charge in [0.15, 0.2) is 0 Å². The lowest BCUT2D eigenvalue weighted by atomic mass is 9.72. The summed E-state index contributed by atoms with van der Waals surface area (Å²) in [7, 11) is 5.49. The number of carboxylic acid groups (broad SMARTS) is 1. The largest absolute Gasteiger partial charge is 0.481 e. The van der Waals surface area contributed by atoms with Gasteiger partial charge in [-0.2, -0.15) is 0 Å². The van der Waals surface area contributed by atoms with E-state index in [2.05, 4.69) is 30.2 Å². The van der Waals surface area contributed by atoms with E-state index in [-0.39, 0.29) is 140 Å². The van der Waals surface area contributed by atoms with Gasteiger partial charge >= 0.3 is 23.9 Å². The molecule has 0 bridgehead atoms. The molecule has 60 heavy (non-hydrogen) atoms. The topological polar surface area (TPSA) is 300 Å². The van der Waals surface area contributed by atoms with Gasteiger partial charge in [-0.3, -0.25) is 33.6 Å². The molecule has 0 heterocycles. The van der Waals surface area contributed by atoms with Gasteiger partial charge in [-0.15, -0.1) is 0 Å². The van der Waals surface area contributed by atoms with Crippen LogP contribution in [0.15, 0.2) is 0 Å². The predicted molar refractivity (Wildman–Crippen MR) is 216 cm³/mol. The quantitative estimate of drug-likeness (QED) is 0.0324. The lowest BCUT2D eigenvalue weighted by Crippen LogP contribution is -2.59. The molecule has 0 radical (unpaired) electrons. The molecule has 3 saturated carbocycles. The molecular weight excluding hydrogens is 805 g/mol. The zero-order valence-corrected chi connectivity index (χ0v) is 33.0. The summed E-state index contributed by atoms with van der Waals surface area (Å²) in [5.41, 5.74) is 17.2. The molecule has 0 aliphatic heterocycles. The zero-order chi connectivity index (χ0) is 43.5. The van der Waals surface area contributed by atoms with E-state index in [0.29, 0.717) is 6.04 Å². The fraction of sp³-hybridized carbons (Fsp3) is 0.816. The average Bonchev–Trinajstić information content (AvgIpc) is 3.11. The first kappa shape index (κ1) is 63.0. The summed E-state index contributed by atoms with van der Waals surface area (Å²) in [6.45, 7) is -1.19. The number of carbonyl (C=O) groups excluding carboxylic acids is 6. The summed E-state index contributed by atoms with van der Waals surface area (Å²) in [4.78, 5) is 75.9. The Bertz CT molecular complexity index is 1200. The van der Waals surface area contributed by atoms with E-state index in [9.17, 15) is 46.7 Å². The molecule has 3 aliphatic carbocycles. The predicted octanol–water partition coefficient (Wildman–Crippen LogP) is 0.866. The van der Waals surface area contributed by atoms with Gasteiger partial charge in [0.1, 0.15) is 23.8 Å². The highest BCUT2D eigenvalue weighted by Crippen LogP contribution is 2.29. The van der Waals surface area contributed by atoms with Crippen LogP contribution in [0.5, 0.6) is 0 Å². The maximum atomic E-state index is 11.9. The van der Waals surface area contributed by atoms with E-state index in [4.69, 9.17) is 31.8 Å². The zero-order valence-electron chi connectivity index (χ0n) is 33.0. The highest BCUT2D eigenvalue weighted by molar-refractivity contribution is 5.90. The number of ether oxygens (including phenoxy) is 5. The summed E-state index contributed by atoms with van der Waals surface area (Å²) >= 11 is 0. The molecule has 9 atom stereocenters. The van der Waals surface area contributed by atoms with E-state index < -0.39 is 50.9 Å². The number of carbonyl (C=O) groups is 7. The Labute approximate surface area is 352 Å². The number of nitrogens with two attached hydrogens (primary N) is 3. The third kappa shape index (κ3) is 24.6. The summed E-state index contributed by atoms with van der Waals surface area (Å²) in [5, 5.41) is 17.1. The minimum absolute atomic E-state index is 0. The molecule has 0 aromatic carbocycles. The van der Waals surface area contributed by atoms with Crippen LogP contribution in [0.2, 0.25) is 0 Å². The number of ketones is 3. The van der Waals surface area contributed by atoms with Crippen molar-refractivity contribution in [2.75, 3.05) is 68.2 Å². The van der Waals surface area contributed by atoms with Crippen LogP contribution in [-0.2, 0) is 57.2 Å². The Morgan fingerprint density at radius 2 is 0.850 bits per heavy atom. The van der Waals surface area contributed by atoms with Crippen LogP contribution in [0.25, 0.3) is 0 Å². The third-order valence-electron chi connectivity index (χ3n) is 9.42. The van der Waals surface area contributed by atoms with Crippen molar-refractivity contribution >= 4 is 41.2 Å². The van der Waals surface area contributed by atoms with Crippen molar-refractivity contribution in [3.63, 3.8) is 0 Å². The number of halogens is 3. The van der Waals surface area contributed by atoms with E-state index in [1.165, 1.54) is 0 Å². The lowest BCUT2D eigenvalue weighted by Gasteiger charge is -2.41. The molecule has 19 nitrogen and oxygen atoms in total. The normalized spacial score (nSPS) is 24.1. The van der Waals surface area contributed by atoms with Gasteiger partial charge < -0.3 is 61.9 Å². The highest BCUT2D eigenvalue weighted by Gasteiger charge is 2.43. The summed E-state index contributed by atoms with van der Waals surface area (Å²) in [6.07, 6.45) is 2.28. The maximum Gasteiger partial charge on any atom is 0.319 e. The Morgan fingerprint density at radius 1 is 0.550 bits per heavy atom. The van der Waals surface area contributed by atoms with E-state index in [1.54, 1.807) is 6.92 Å². The van der Waals surface area contributed by atoms with Crippen LogP contribution in [-0.4, -0.2) is 151 Å². The molecule has 0 aromatic rings. The molecule has 3 aliphatic rings. The molecule has 354 valence electrons. The third-order valence-corrected chi connectivity index (χ3v) is 9.42. The molecule has 3 fully saturated rings. The summed E-state index contributed by atoms with van der Waals surface area (Å²) in [5.74, 6) is -3.57. The molecular formula is C38H73F3N6O13. The minimum atomic E-state index is -1.33. The van der Waals surface area contributed by atoms with Crippen molar-refractivity contribution in [1.29, 1.82) is 0 Å². The van der Waals surface area contributed by atoms with Gasteiger partial charge in [-0.1, -0.05) is 22.3 Å². The Morgan fingerprint density at radius 3 is 1.10 bits per heavy atom. The molecule has 0 amide bonds. The van der Waals surface area contributed by atoms with Crippen LogP contribution < -0.4 is 33.2 Å². The SMILES string of the molecule is C.C.C.CNC1CC(N)C1C(=O)CCOCCC(=O)OCF.CNC1CC(N)C1C(=O)CCOCCC(=O)OCF.CNC1CC(N)C1C(C)=O.O=C(O)CC(=O)OCF. The molecule has 22 heteroatoms. The first-order valence-corrected chi connectivity index (χ1v) is 18.4. The standard InChI is InChI=1S/2C12H21FN2O4.C7H14N2O.C4H5FO4.3CH4/c2*1-15-9-6-8(14)12(9)10(16)2-4-18-5-3-11(17)19-7-13;1-4(10)7-5(8)3-6(7)9-2;5-2-9-4(8)1-3(6)7;;;/h2*8-9,12,15H,2-7,14H2,1H3;5-7,9H,3,8H2,1-2H3;1-2H2,(H,6,7);3*1H4. The first-order chi connectivity index (χ1) is 27.0. The number of hydrogen-bond donors (Lipinski definition) is 7. The molecule has 0 aromatic heterocycles. The molecule has 0 saturated heterocycles. The van der Waals surface area contributed by atoms with Crippen LogP contribution >= 0.6 is 0 Å². The van der Waals surface area contributed by atoms with E-state index in [1.807, 2.05) is 21.1 Å². The summed E-state index contributed by atoms with van der Waals surface area (Å²) < 4.78 is 56.4.